The van der Waals surface area contributed by atoms with E-state index in [1.807, 2.05) is 0 Å². The molecule has 0 aromatic carbocycles. The van der Waals surface area contributed by atoms with Crippen molar-refractivity contribution < 1.29 is 4.74 Å². The summed E-state index contributed by atoms with van der Waals surface area (Å²) in [5.41, 5.74) is 2.30. The third-order valence-electron chi connectivity index (χ3n) is 7.66. The van der Waals surface area contributed by atoms with Gasteiger partial charge in [0.2, 0.25) is 0 Å². The predicted molar refractivity (Wildman–Crippen MR) is 80.2 cm³/mol. The Morgan fingerprint density at radius 1 is 1.30 bits per heavy atom. The number of fused-ring (bicyclic) bond motifs is 1. The lowest BCUT2D eigenvalue weighted by atomic mass is 9.43. The fourth-order valence-corrected chi connectivity index (χ4v) is 6.67. The highest BCUT2D eigenvalue weighted by Gasteiger charge is 2.68. The molecule has 0 amide bonds. The van der Waals surface area contributed by atoms with Crippen molar-refractivity contribution in [2.45, 2.75) is 57.7 Å². The first-order chi connectivity index (χ1) is 9.53. The van der Waals surface area contributed by atoms with Gasteiger partial charge in [0.25, 0.3) is 0 Å². The number of epoxide rings is 1. The summed E-state index contributed by atoms with van der Waals surface area (Å²) in [6.07, 6.45) is 12.4. The Bertz CT molecular complexity index is 520. The largest absolute Gasteiger partial charge is 0.365 e. The van der Waals surface area contributed by atoms with E-state index in [4.69, 9.17) is 4.74 Å². The first-order valence-corrected chi connectivity index (χ1v) is 8.57. The molecule has 6 aliphatic rings. The lowest BCUT2D eigenvalue weighted by Gasteiger charge is -2.61. The van der Waals surface area contributed by atoms with Crippen molar-refractivity contribution in [3.05, 3.63) is 24.3 Å². The van der Waals surface area contributed by atoms with E-state index < -0.39 is 0 Å². The van der Waals surface area contributed by atoms with Crippen molar-refractivity contribution in [2.75, 3.05) is 0 Å². The predicted octanol–water partition coefficient (Wildman–Crippen LogP) is 4.35. The summed E-state index contributed by atoms with van der Waals surface area (Å²) in [5.74, 6) is 3.82. The van der Waals surface area contributed by atoms with Crippen LogP contribution in [-0.2, 0) is 4.74 Å². The molecule has 0 aromatic rings. The molecule has 0 spiro atoms. The fourth-order valence-electron chi connectivity index (χ4n) is 6.67. The van der Waals surface area contributed by atoms with Gasteiger partial charge in [-0.2, -0.15) is 0 Å². The average molecular weight is 270 g/mol. The minimum Gasteiger partial charge on any atom is -0.365 e. The van der Waals surface area contributed by atoms with E-state index in [2.05, 4.69) is 32.6 Å². The molecule has 1 aliphatic heterocycles. The zero-order valence-electron chi connectivity index (χ0n) is 12.8. The van der Waals surface area contributed by atoms with E-state index in [9.17, 15) is 0 Å². The van der Waals surface area contributed by atoms with Gasteiger partial charge in [0.1, 0.15) is 0 Å². The second-order valence-corrected chi connectivity index (χ2v) is 8.71. The zero-order chi connectivity index (χ0) is 13.7. The molecule has 5 aliphatic carbocycles. The van der Waals surface area contributed by atoms with Crippen LogP contribution in [0.2, 0.25) is 0 Å². The molecular weight excluding hydrogens is 244 g/mol. The second-order valence-electron chi connectivity index (χ2n) is 8.71. The normalized spacial score (nSPS) is 62.6. The van der Waals surface area contributed by atoms with Gasteiger partial charge >= 0.3 is 0 Å². The van der Waals surface area contributed by atoms with E-state index in [0.717, 1.165) is 17.8 Å². The molecule has 1 heteroatoms. The average Bonchev–Trinajstić information content (AvgIpc) is 3.05. The van der Waals surface area contributed by atoms with Crippen LogP contribution in [0.3, 0.4) is 0 Å². The van der Waals surface area contributed by atoms with Gasteiger partial charge in [0.05, 0.1) is 11.7 Å². The molecule has 0 N–H and O–H groups in total. The Balaban J connectivity index is 1.63. The van der Waals surface area contributed by atoms with Crippen molar-refractivity contribution in [1.82, 2.24) is 0 Å². The van der Waals surface area contributed by atoms with Gasteiger partial charge in [-0.1, -0.05) is 37.6 Å². The molecule has 1 saturated heterocycles. The lowest BCUT2D eigenvalue weighted by Crippen LogP contribution is -2.55. The van der Waals surface area contributed by atoms with Crippen molar-refractivity contribution >= 4 is 0 Å². The maximum absolute atomic E-state index is 6.24. The third-order valence-corrected chi connectivity index (χ3v) is 7.66. The quantitative estimate of drug-likeness (QED) is 0.471. The topological polar surface area (TPSA) is 12.5 Å². The van der Waals surface area contributed by atoms with Crippen molar-refractivity contribution in [2.24, 2.45) is 35.0 Å². The molecular formula is C19H26O. The highest BCUT2D eigenvalue weighted by atomic mass is 16.6. The summed E-state index contributed by atoms with van der Waals surface area (Å²) in [6.45, 7) is 9.43. The van der Waals surface area contributed by atoms with Crippen LogP contribution in [0.4, 0.5) is 0 Å². The Labute approximate surface area is 122 Å². The molecule has 8 unspecified atom stereocenters. The Morgan fingerprint density at radius 2 is 2.15 bits per heavy atom. The van der Waals surface area contributed by atoms with Crippen LogP contribution in [0, 0.1) is 35.0 Å². The van der Waals surface area contributed by atoms with Crippen LogP contribution in [0.5, 0.6) is 0 Å². The first-order valence-electron chi connectivity index (χ1n) is 8.57. The van der Waals surface area contributed by atoms with E-state index in [1.54, 1.807) is 0 Å². The van der Waals surface area contributed by atoms with Crippen LogP contribution < -0.4 is 0 Å². The fraction of sp³-hybridized carbons (Fsp3) is 0.789. The number of ether oxygens (including phenoxy) is 1. The maximum Gasteiger partial charge on any atom is 0.0991 e. The third kappa shape index (κ3) is 1.25. The molecule has 6 rings (SSSR count). The van der Waals surface area contributed by atoms with Gasteiger partial charge in [-0.05, 0) is 55.8 Å². The van der Waals surface area contributed by atoms with E-state index >= 15 is 0 Å². The highest BCUT2D eigenvalue weighted by molar-refractivity contribution is 5.29. The van der Waals surface area contributed by atoms with Crippen molar-refractivity contribution in [1.29, 1.82) is 0 Å². The van der Waals surface area contributed by atoms with Crippen LogP contribution >= 0.6 is 0 Å². The van der Waals surface area contributed by atoms with Crippen LogP contribution in [0.25, 0.3) is 0 Å². The maximum atomic E-state index is 6.24. The Morgan fingerprint density at radius 3 is 3.00 bits per heavy atom. The summed E-state index contributed by atoms with van der Waals surface area (Å²) >= 11 is 0. The molecule has 4 fully saturated rings. The molecule has 8 atom stereocenters. The van der Waals surface area contributed by atoms with Gasteiger partial charge in [-0.15, -0.1) is 0 Å². The van der Waals surface area contributed by atoms with Crippen LogP contribution in [-0.4, -0.2) is 11.7 Å². The first kappa shape index (κ1) is 12.0. The number of rotatable bonds is 0. The summed E-state index contributed by atoms with van der Waals surface area (Å²) in [5, 5.41) is 0. The van der Waals surface area contributed by atoms with E-state index in [0.29, 0.717) is 23.4 Å². The number of allylic oxidation sites excluding steroid dienone is 1. The molecule has 3 saturated carbocycles. The van der Waals surface area contributed by atoms with Crippen LogP contribution in [0.15, 0.2) is 24.3 Å². The standard InChI is InChI=1S/C19H26O/c1-11-9-12-6-7-15(19(3)17(12)20-19)13-5-4-8-18(2)10-14(11)16(13)18/h6-7,12-17H,1,4-5,8-10H2,2-3H3. The number of hydrogen-bond donors (Lipinski definition) is 0. The lowest BCUT2D eigenvalue weighted by molar-refractivity contribution is -0.104. The minimum atomic E-state index is 0.160. The number of hydrogen-bond acceptors (Lipinski definition) is 1. The van der Waals surface area contributed by atoms with E-state index in [1.165, 1.54) is 37.7 Å². The van der Waals surface area contributed by atoms with Gasteiger partial charge in [0, 0.05) is 11.8 Å². The second kappa shape index (κ2) is 3.43. The zero-order valence-corrected chi connectivity index (χ0v) is 12.8. The summed E-state index contributed by atoms with van der Waals surface area (Å²) in [7, 11) is 0. The molecule has 1 nitrogen and oxygen atoms in total. The smallest absolute Gasteiger partial charge is 0.0991 e. The molecule has 108 valence electrons. The van der Waals surface area contributed by atoms with Crippen molar-refractivity contribution in [3.63, 3.8) is 0 Å². The Hall–Kier alpha value is -0.560. The summed E-state index contributed by atoms with van der Waals surface area (Å²) in [4.78, 5) is 0. The van der Waals surface area contributed by atoms with Crippen LogP contribution in [0.1, 0.15) is 46.0 Å². The SMILES string of the molecule is C=C1CC2C=CC(C3CCCC4(C)CC1C34)C1(C)OC21. The summed E-state index contributed by atoms with van der Waals surface area (Å²) < 4.78 is 6.24. The van der Waals surface area contributed by atoms with Gasteiger partial charge in [0.15, 0.2) is 0 Å². The molecule has 1 heterocycles. The minimum absolute atomic E-state index is 0.160. The molecule has 0 aromatic heterocycles. The molecule has 20 heavy (non-hydrogen) atoms. The van der Waals surface area contributed by atoms with Gasteiger partial charge in [-0.3, -0.25) is 0 Å². The highest BCUT2D eigenvalue weighted by Crippen LogP contribution is 2.69. The molecule has 0 radical (unpaired) electrons. The van der Waals surface area contributed by atoms with Gasteiger partial charge in [-0.25, -0.2) is 0 Å². The molecule has 2 bridgehead atoms. The summed E-state index contributed by atoms with van der Waals surface area (Å²) in [6, 6.07) is 0. The van der Waals surface area contributed by atoms with E-state index in [-0.39, 0.29) is 5.60 Å². The van der Waals surface area contributed by atoms with Crippen molar-refractivity contribution in [3.8, 4) is 0 Å². The monoisotopic (exact) mass is 270 g/mol. The Kier molecular flexibility index (Phi) is 2.06. The van der Waals surface area contributed by atoms with Gasteiger partial charge < -0.3 is 4.74 Å².